The van der Waals surface area contributed by atoms with Crippen LogP contribution < -0.4 is 11.5 Å². The van der Waals surface area contributed by atoms with Gasteiger partial charge >= 0.3 is 5.96 Å². The number of hydrazone groups is 1. The fourth-order valence-corrected chi connectivity index (χ4v) is 1.03. The Balaban J connectivity index is 2.91. The van der Waals surface area contributed by atoms with Crippen LogP contribution in [0.15, 0.2) is 27.8 Å². The van der Waals surface area contributed by atoms with Gasteiger partial charge in [0, 0.05) is 0 Å². The van der Waals surface area contributed by atoms with Crippen molar-refractivity contribution < 1.29 is 9.24 Å². The molecule has 15 heavy (non-hydrogen) atoms. The second-order valence-corrected chi connectivity index (χ2v) is 3.47. The molecule has 7 heteroatoms. The molecule has 0 unspecified atom stereocenters. The molecule has 5 nitrogen and oxygen atoms in total. The Morgan fingerprint density at radius 1 is 1.53 bits per heavy atom. The van der Waals surface area contributed by atoms with Gasteiger partial charge in [0.1, 0.15) is 5.82 Å². The van der Waals surface area contributed by atoms with Crippen LogP contribution >= 0.6 is 15.9 Å². The van der Waals surface area contributed by atoms with Crippen molar-refractivity contribution in [3.8, 4) is 0 Å². The van der Waals surface area contributed by atoms with Gasteiger partial charge < -0.3 is 5.21 Å². The summed E-state index contributed by atoms with van der Waals surface area (Å²) in [5, 5.41) is 14.1. The molecule has 0 aliphatic rings. The van der Waals surface area contributed by atoms with Crippen LogP contribution in [0.4, 0.5) is 4.39 Å². The highest BCUT2D eigenvalue weighted by Crippen LogP contribution is 2.15. The highest BCUT2D eigenvalue weighted by atomic mass is 79.9. The molecule has 0 atom stereocenters. The molecule has 0 bridgehead atoms. The molecule has 0 spiro atoms. The maximum Gasteiger partial charge on any atom is 0.366 e. The number of nitrogens with two attached hydrogens (primary N) is 2. The van der Waals surface area contributed by atoms with Crippen molar-refractivity contribution in [1.29, 1.82) is 0 Å². The Hall–Kier alpha value is -1.63. The summed E-state index contributed by atoms with van der Waals surface area (Å²) < 4.78 is 13.3. The van der Waals surface area contributed by atoms with Gasteiger partial charge in [-0.2, -0.15) is 0 Å². The van der Waals surface area contributed by atoms with E-state index >= 15 is 0 Å². The van der Waals surface area contributed by atoms with Gasteiger partial charge in [-0.25, -0.2) is 4.39 Å². The van der Waals surface area contributed by atoms with Crippen LogP contribution in [0.2, 0.25) is 0 Å². The molecule has 1 rings (SSSR count). The fourth-order valence-electron chi connectivity index (χ4n) is 0.778. The van der Waals surface area contributed by atoms with Crippen molar-refractivity contribution >= 4 is 28.1 Å². The third kappa shape index (κ3) is 3.21. The molecule has 0 saturated carbocycles. The topological polar surface area (TPSA) is 90.5 Å². The first-order valence-electron chi connectivity index (χ1n) is 3.85. The second-order valence-electron chi connectivity index (χ2n) is 2.62. The molecular weight excluding hydrogens is 267 g/mol. The first-order valence-corrected chi connectivity index (χ1v) is 4.64. The highest BCUT2D eigenvalue weighted by Gasteiger charge is 1.98. The Kier molecular flexibility index (Phi) is 3.62. The minimum absolute atomic E-state index is 0.0416. The molecule has 1 aromatic carbocycles. The Morgan fingerprint density at radius 3 is 2.73 bits per heavy atom. The molecule has 0 radical (unpaired) electrons. The molecule has 0 aliphatic heterocycles. The quantitative estimate of drug-likeness (QED) is 0.274. The summed E-state index contributed by atoms with van der Waals surface area (Å²) in [7, 11) is 0. The minimum atomic E-state index is -0.483. The monoisotopic (exact) mass is 274 g/mol. The van der Waals surface area contributed by atoms with Crippen LogP contribution in [0.1, 0.15) is 5.56 Å². The average Bonchev–Trinajstić information content (AvgIpc) is 2.19. The molecule has 0 aliphatic carbocycles. The number of guanidine groups is 1. The third-order valence-corrected chi connectivity index (χ3v) is 2.12. The summed E-state index contributed by atoms with van der Waals surface area (Å²) in [6.45, 7) is 0. The van der Waals surface area contributed by atoms with Crippen molar-refractivity contribution in [3.05, 3.63) is 39.3 Å². The molecule has 0 amide bonds. The van der Waals surface area contributed by atoms with Gasteiger partial charge in [-0.3, -0.25) is 11.5 Å². The number of hydrogen-bond acceptors (Lipinski definition) is 2. The average molecular weight is 275 g/mol. The predicted molar refractivity (Wildman–Crippen MR) is 58.7 cm³/mol. The SMILES string of the molecule is NC(N)=[N+]([O-])/N=C/c1ccc(Br)c(F)c1. The largest absolute Gasteiger partial charge is 0.722 e. The van der Waals surface area contributed by atoms with E-state index in [-0.39, 0.29) is 4.85 Å². The van der Waals surface area contributed by atoms with Gasteiger partial charge in [0.15, 0.2) is 0 Å². The van der Waals surface area contributed by atoms with E-state index in [1.165, 1.54) is 12.1 Å². The van der Waals surface area contributed by atoms with Gasteiger partial charge in [-0.1, -0.05) is 6.07 Å². The number of halogens is 2. The van der Waals surface area contributed by atoms with Crippen molar-refractivity contribution in [2.45, 2.75) is 0 Å². The molecule has 0 fully saturated rings. The zero-order valence-corrected chi connectivity index (χ0v) is 9.11. The van der Waals surface area contributed by atoms with E-state index in [1.54, 1.807) is 6.07 Å². The molecule has 0 heterocycles. The first kappa shape index (κ1) is 11.4. The summed E-state index contributed by atoms with van der Waals surface area (Å²) in [5.41, 5.74) is 10.4. The maximum atomic E-state index is 13.0. The zero-order chi connectivity index (χ0) is 11.4. The molecule has 0 saturated heterocycles. The summed E-state index contributed by atoms with van der Waals surface area (Å²) >= 11 is 3.00. The molecule has 1 aromatic rings. The normalized spacial score (nSPS) is 10.5. The molecule has 0 aromatic heterocycles. The summed E-state index contributed by atoms with van der Waals surface area (Å²) in [6.07, 6.45) is 1.15. The number of benzene rings is 1. The van der Waals surface area contributed by atoms with Gasteiger partial charge in [-0.15, -0.1) is 9.95 Å². The Morgan fingerprint density at radius 2 is 2.20 bits per heavy atom. The summed E-state index contributed by atoms with van der Waals surface area (Å²) in [6, 6.07) is 4.30. The van der Waals surface area contributed by atoms with E-state index < -0.39 is 11.8 Å². The van der Waals surface area contributed by atoms with Crippen LogP contribution in [0, 0.1) is 11.0 Å². The standard InChI is InChI=1S/C8H8BrFN4O/c9-6-2-1-5(3-7(6)10)4-13-14(15)8(11)12/h1-4H,11-12H2/b13-4+. The van der Waals surface area contributed by atoms with Gasteiger partial charge in [0.05, 0.1) is 10.7 Å². The van der Waals surface area contributed by atoms with Crippen LogP contribution in [0.5, 0.6) is 0 Å². The van der Waals surface area contributed by atoms with Gasteiger partial charge in [-0.05, 0) is 33.6 Å². The summed E-state index contributed by atoms with van der Waals surface area (Å²) in [4.78, 5) is 0.0416. The van der Waals surface area contributed by atoms with Crippen molar-refractivity contribution in [2.75, 3.05) is 0 Å². The van der Waals surface area contributed by atoms with Gasteiger partial charge in [0.25, 0.3) is 0 Å². The third-order valence-electron chi connectivity index (χ3n) is 1.48. The van der Waals surface area contributed by atoms with E-state index in [2.05, 4.69) is 21.0 Å². The smallest absolute Gasteiger partial charge is 0.366 e. The van der Waals surface area contributed by atoms with Crippen molar-refractivity contribution in [2.24, 2.45) is 16.6 Å². The Labute approximate surface area is 93.6 Å². The molecule has 80 valence electrons. The lowest BCUT2D eigenvalue weighted by molar-refractivity contribution is -0.463. The number of nitrogens with zero attached hydrogens (tertiary/aromatic N) is 2. The maximum absolute atomic E-state index is 13.0. The highest BCUT2D eigenvalue weighted by molar-refractivity contribution is 9.10. The van der Waals surface area contributed by atoms with Crippen LogP contribution in [0.25, 0.3) is 0 Å². The van der Waals surface area contributed by atoms with Crippen LogP contribution in [-0.4, -0.2) is 17.0 Å². The summed E-state index contributed by atoms with van der Waals surface area (Å²) in [5.74, 6) is -0.926. The van der Waals surface area contributed by atoms with E-state index in [1.807, 2.05) is 0 Å². The fraction of sp³-hybridized carbons (Fsp3) is 0. The number of hydrogen-bond donors (Lipinski definition) is 2. The van der Waals surface area contributed by atoms with E-state index in [0.29, 0.717) is 10.0 Å². The lowest BCUT2D eigenvalue weighted by Gasteiger charge is -2.02. The minimum Gasteiger partial charge on any atom is -0.722 e. The molecule has 4 N–H and O–H groups in total. The predicted octanol–water partition coefficient (Wildman–Crippen LogP) is 0.706. The zero-order valence-electron chi connectivity index (χ0n) is 7.52. The van der Waals surface area contributed by atoms with Crippen LogP contribution in [0.3, 0.4) is 0 Å². The lowest BCUT2D eigenvalue weighted by Crippen LogP contribution is -2.30. The van der Waals surface area contributed by atoms with Crippen LogP contribution in [-0.2, 0) is 0 Å². The first-order chi connectivity index (χ1) is 7.00. The van der Waals surface area contributed by atoms with Gasteiger partial charge in [0.2, 0.25) is 0 Å². The van der Waals surface area contributed by atoms with E-state index in [4.69, 9.17) is 11.5 Å². The lowest BCUT2D eigenvalue weighted by atomic mass is 10.2. The van der Waals surface area contributed by atoms with Crippen molar-refractivity contribution in [1.82, 2.24) is 0 Å². The number of rotatable bonds is 2. The molecular formula is C8H8BrFN4O. The van der Waals surface area contributed by atoms with Crippen molar-refractivity contribution in [3.63, 3.8) is 0 Å². The van der Waals surface area contributed by atoms with E-state index in [9.17, 15) is 9.60 Å². The Bertz CT molecular complexity index is 429. The van der Waals surface area contributed by atoms with E-state index in [0.717, 1.165) is 6.21 Å². The second kappa shape index (κ2) is 4.74.